The number of rotatable bonds is 6. The second-order valence-electron chi connectivity index (χ2n) is 5.98. The zero-order valence-electron chi connectivity index (χ0n) is 15.6. The summed E-state index contributed by atoms with van der Waals surface area (Å²) in [7, 11) is 3.02. The molecule has 0 aliphatic carbocycles. The fourth-order valence-corrected chi connectivity index (χ4v) is 4.14. The number of para-hydroxylation sites is 1. The van der Waals surface area contributed by atoms with E-state index in [4.69, 9.17) is 14.2 Å². The maximum absolute atomic E-state index is 12.5. The molecule has 1 aromatic heterocycles. The van der Waals surface area contributed by atoms with Crippen molar-refractivity contribution in [2.45, 2.75) is 23.9 Å². The Morgan fingerprint density at radius 3 is 2.75 bits per heavy atom. The first-order valence-electron chi connectivity index (χ1n) is 8.67. The lowest BCUT2D eigenvalue weighted by molar-refractivity contribution is 0.0519. The monoisotopic (exact) mass is 398 g/mol. The number of hydrogen-bond donors (Lipinski definition) is 0. The van der Waals surface area contributed by atoms with Crippen LogP contribution in [0.5, 0.6) is 11.5 Å². The molecular weight excluding hydrogens is 380 g/mol. The molecule has 144 valence electrons. The Morgan fingerprint density at radius 1 is 1.18 bits per heavy atom. The van der Waals surface area contributed by atoms with Crippen LogP contribution in [0.4, 0.5) is 0 Å². The van der Waals surface area contributed by atoms with Gasteiger partial charge in [0.05, 0.1) is 19.9 Å². The van der Waals surface area contributed by atoms with Crippen LogP contribution < -0.4 is 9.47 Å². The third-order valence-corrected chi connectivity index (χ3v) is 5.53. The van der Waals surface area contributed by atoms with Gasteiger partial charge in [0.25, 0.3) is 0 Å². The highest BCUT2D eigenvalue weighted by atomic mass is 32.2. The summed E-state index contributed by atoms with van der Waals surface area (Å²) in [5, 5.41) is 12.6. The molecule has 2 heterocycles. The second-order valence-corrected chi connectivity index (χ2v) is 7.00. The smallest absolute Gasteiger partial charge is 0.344 e. The number of ether oxygens (including phenoxy) is 3. The van der Waals surface area contributed by atoms with Gasteiger partial charge in [-0.3, -0.25) is 0 Å². The predicted octanol–water partition coefficient (Wildman–Crippen LogP) is 3.20. The Hall–Kier alpha value is -3.07. The molecule has 0 radical (unpaired) electrons. The summed E-state index contributed by atoms with van der Waals surface area (Å²) in [5.41, 5.74) is 2.50. The summed E-state index contributed by atoms with van der Waals surface area (Å²) in [6.45, 7) is 2.07. The van der Waals surface area contributed by atoms with Crippen LogP contribution in [0.2, 0.25) is 0 Å². The molecule has 0 saturated heterocycles. The van der Waals surface area contributed by atoms with Gasteiger partial charge in [0.2, 0.25) is 5.16 Å². The van der Waals surface area contributed by atoms with Gasteiger partial charge in [-0.05, 0) is 52.4 Å². The van der Waals surface area contributed by atoms with Gasteiger partial charge in [-0.2, -0.15) is 4.68 Å². The lowest BCUT2D eigenvalue weighted by Crippen LogP contribution is -2.04. The first-order valence-corrected chi connectivity index (χ1v) is 9.55. The molecule has 2 aromatic carbocycles. The average Bonchev–Trinajstić information content (AvgIpc) is 3.31. The summed E-state index contributed by atoms with van der Waals surface area (Å²) in [6.07, 6.45) is 0.846. The number of hydrogen-bond acceptors (Lipinski definition) is 8. The number of aromatic nitrogens is 4. The fraction of sp³-hybridized carbons (Fsp3) is 0.263. The summed E-state index contributed by atoms with van der Waals surface area (Å²) >= 11 is 1.27. The van der Waals surface area contributed by atoms with Crippen LogP contribution in [0.25, 0.3) is 5.69 Å². The normalized spacial score (nSPS) is 15.2. The zero-order valence-corrected chi connectivity index (χ0v) is 16.4. The maximum atomic E-state index is 12.5. The van der Waals surface area contributed by atoms with Gasteiger partial charge >= 0.3 is 5.97 Å². The highest BCUT2D eigenvalue weighted by Gasteiger charge is 2.37. The van der Waals surface area contributed by atoms with E-state index in [1.54, 1.807) is 16.8 Å². The summed E-state index contributed by atoms with van der Waals surface area (Å²) in [6, 6.07) is 11.5. The van der Waals surface area contributed by atoms with Crippen molar-refractivity contribution in [1.82, 2.24) is 20.2 Å². The molecule has 0 spiro atoms. The lowest BCUT2D eigenvalue weighted by atomic mass is 10.1. The molecule has 0 unspecified atom stereocenters. The van der Waals surface area contributed by atoms with Crippen molar-refractivity contribution >= 4 is 17.7 Å². The van der Waals surface area contributed by atoms with E-state index in [9.17, 15) is 4.79 Å². The standard InChI is InChI=1S/C19H18N4O4S/c1-4-11-7-5-6-8-13(11)23-19(20-21-22-23)28-18-12-9-10-14(25-2)16(26-3)15(12)17(24)27-18/h5-10,18H,4H2,1-3H3/t18-/m0/s1. The average molecular weight is 398 g/mol. The number of carbonyl (C=O) groups is 1. The third-order valence-electron chi connectivity index (χ3n) is 4.50. The van der Waals surface area contributed by atoms with Crippen molar-refractivity contribution in [2.75, 3.05) is 14.2 Å². The Balaban J connectivity index is 1.71. The number of methoxy groups -OCH3 is 2. The minimum absolute atomic E-state index is 0.365. The van der Waals surface area contributed by atoms with Crippen LogP contribution in [0.3, 0.4) is 0 Å². The number of nitrogens with zero attached hydrogens (tertiary/aromatic N) is 4. The van der Waals surface area contributed by atoms with E-state index in [0.717, 1.165) is 17.7 Å². The van der Waals surface area contributed by atoms with Crippen molar-refractivity contribution < 1.29 is 19.0 Å². The molecule has 3 aromatic rings. The summed E-state index contributed by atoms with van der Waals surface area (Å²) in [4.78, 5) is 12.5. The number of carbonyl (C=O) groups excluding carboxylic acids is 1. The second kappa shape index (κ2) is 7.51. The van der Waals surface area contributed by atoms with Crippen LogP contribution in [0.1, 0.15) is 33.8 Å². The van der Waals surface area contributed by atoms with E-state index >= 15 is 0 Å². The van der Waals surface area contributed by atoms with Gasteiger partial charge in [-0.25, -0.2) is 4.79 Å². The van der Waals surface area contributed by atoms with Crippen LogP contribution in [0.15, 0.2) is 41.6 Å². The first kappa shape index (κ1) is 18.3. The number of esters is 1. The van der Waals surface area contributed by atoms with Crippen molar-refractivity contribution in [1.29, 1.82) is 0 Å². The number of thioether (sulfide) groups is 1. The van der Waals surface area contributed by atoms with E-state index < -0.39 is 11.4 Å². The van der Waals surface area contributed by atoms with E-state index in [-0.39, 0.29) is 0 Å². The van der Waals surface area contributed by atoms with Crippen molar-refractivity contribution in [3.8, 4) is 17.2 Å². The fourth-order valence-electron chi connectivity index (χ4n) is 3.17. The van der Waals surface area contributed by atoms with Crippen molar-refractivity contribution in [3.05, 3.63) is 53.1 Å². The van der Waals surface area contributed by atoms with Crippen LogP contribution in [-0.2, 0) is 11.2 Å². The van der Waals surface area contributed by atoms with Gasteiger partial charge in [0.15, 0.2) is 16.9 Å². The molecule has 0 fully saturated rings. The van der Waals surface area contributed by atoms with E-state index in [2.05, 4.69) is 22.4 Å². The molecule has 0 saturated carbocycles. The first-order chi connectivity index (χ1) is 13.7. The molecule has 4 rings (SSSR count). The molecule has 1 aliphatic heterocycles. The minimum Gasteiger partial charge on any atom is -0.493 e. The van der Waals surface area contributed by atoms with Crippen LogP contribution in [0, 0.1) is 0 Å². The molecule has 8 nitrogen and oxygen atoms in total. The van der Waals surface area contributed by atoms with E-state index in [0.29, 0.717) is 27.8 Å². The van der Waals surface area contributed by atoms with Gasteiger partial charge in [-0.1, -0.05) is 25.1 Å². The van der Waals surface area contributed by atoms with E-state index in [1.165, 1.54) is 26.0 Å². The summed E-state index contributed by atoms with van der Waals surface area (Å²) in [5.74, 6) is 0.380. The minimum atomic E-state index is -0.583. The Labute approximate surface area is 165 Å². The molecular formula is C19H18N4O4S. The molecule has 0 bridgehead atoms. The third kappa shape index (κ3) is 2.97. The zero-order chi connectivity index (χ0) is 19.7. The van der Waals surface area contributed by atoms with Crippen molar-refractivity contribution in [2.24, 2.45) is 0 Å². The number of cyclic esters (lactones) is 1. The topological polar surface area (TPSA) is 88.4 Å². The molecule has 1 aliphatic rings. The number of benzene rings is 2. The van der Waals surface area contributed by atoms with Gasteiger partial charge in [0, 0.05) is 5.56 Å². The van der Waals surface area contributed by atoms with E-state index in [1.807, 2.05) is 24.3 Å². The SMILES string of the molecule is CCc1ccccc1-n1nnnc1S[C@@H]1OC(=O)c2c1ccc(OC)c2OC. The Morgan fingerprint density at radius 2 is 2.00 bits per heavy atom. The molecule has 0 amide bonds. The molecule has 9 heteroatoms. The van der Waals surface area contributed by atoms with Crippen molar-refractivity contribution in [3.63, 3.8) is 0 Å². The largest absolute Gasteiger partial charge is 0.493 e. The van der Waals surface area contributed by atoms with Gasteiger partial charge in [0.1, 0.15) is 5.56 Å². The van der Waals surface area contributed by atoms with Gasteiger partial charge in [-0.15, -0.1) is 5.10 Å². The molecule has 1 atom stereocenters. The highest BCUT2D eigenvalue weighted by molar-refractivity contribution is 7.99. The number of fused-ring (bicyclic) bond motifs is 1. The van der Waals surface area contributed by atoms with Crippen LogP contribution >= 0.6 is 11.8 Å². The molecule has 28 heavy (non-hydrogen) atoms. The molecule has 0 N–H and O–H groups in total. The highest BCUT2D eigenvalue weighted by Crippen LogP contribution is 2.47. The lowest BCUT2D eigenvalue weighted by Gasteiger charge is -2.13. The number of aryl methyl sites for hydroxylation is 1. The van der Waals surface area contributed by atoms with Crippen LogP contribution in [-0.4, -0.2) is 40.4 Å². The predicted molar refractivity (Wildman–Crippen MR) is 102 cm³/mol. The van der Waals surface area contributed by atoms with Gasteiger partial charge < -0.3 is 14.2 Å². The maximum Gasteiger partial charge on any atom is 0.344 e. The Kier molecular flexibility index (Phi) is 4.91. The quantitative estimate of drug-likeness (QED) is 0.585. The number of tetrazole rings is 1. The summed E-state index contributed by atoms with van der Waals surface area (Å²) < 4.78 is 17.9. The Bertz CT molecular complexity index is 1040.